The molecule has 1 N–H and O–H groups in total. The predicted molar refractivity (Wildman–Crippen MR) is 117 cm³/mol. The molecular formula is C25H25NO4. The molecule has 0 spiro atoms. The molecule has 0 atom stereocenters. The van der Waals surface area contributed by atoms with Crippen molar-refractivity contribution in [3.63, 3.8) is 0 Å². The largest absolute Gasteiger partial charge is 0.494 e. The number of anilines is 1. The topological polar surface area (TPSA) is 64.6 Å². The molecule has 3 rings (SSSR count). The van der Waals surface area contributed by atoms with E-state index >= 15 is 0 Å². The minimum absolute atomic E-state index is 0.218. The van der Waals surface area contributed by atoms with Gasteiger partial charge >= 0.3 is 5.97 Å². The SMILES string of the molecule is Cc1ccc(NC(=O)c2ccc(OC(=O)CCCOc3cccc(C)c3)cc2)cc1. The molecule has 3 aromatic rings. The molecule has 0 heterocycles. The lowest BCUT2D eigenvalue weighted by atomic mass is 10.2. The van der Waals surface area contributed by atoms with Crippen LogP contribution in [0.15, 0.2) is 72.8 Å². The third-order valence-electron chi connectivity index (χ3n) is 4.44. The van der Waals surface area contributed by atoms with E-state index in [0.717, 1.165) is 22.6 Å². The van der Waals surface area contributed by atoms with Gasteiger partial charge in [-0.2, -0.15) is 0 Å². The number of benzene rings is 3. The molecule has 0 unspecified atom stereocenters. The van der Waals surface area contributed by atoms with Gasteiger partial charge in [0, 0.05) is 17.7 Å². The Morgan fingerprint density at radius 1 is 0.833 bits per heavy atom. The van der Waals surface area contributed by atoms with E-state index in [4.69, 9.17) is 9.47 Å². The maximum atomic E-state index is 12.3. The van der Waals surface area contributed by atoms with E-state index < -0.39 is 0 Å². The molecule has 30 heavy (non-hydrogen) atoms. The van der Waals surface area contributed by atoms with E-state index in [-0.39, 0.29) is 18.3 Å². The van der Waals surface area contributed by atoms with Gasteiger partial charge in [-0.1, -0.05) is 29.8 Å². The molecule has 0 bridgehead atoms. The van der Waals surface area contributed by atoms with Crippen molar-refractivity contribution >= 4 is 17.6 Å². The van der Waals surface area contributed by atoms with Gasteiger partial charge in [0.05, 0.1) is 6.61 Å². The molecule has 5 nitrogen and oxygen atoms in total. The van der Waals surface area contributed by atoms with Crippen LogP contribution in [0.5, 0.6) is 11.5 Å². The standard InChI is InChI=1S/C25H25NO4/c1-18-8-12-21(13-9-18)26-25(28)20-10-14-22(15-11-20)30-24(27)7-4-16-29-23-6-3-5-19(2)17-23/h3,5-6,8-15,17H,4,7,16H2,1-2H3,(H,26,28). The Labute approximate surface area is 176 Å². The fraction of sp³-hybridized carbons (Fsp3) is 0.200. The average Bonchev–Trinajstić information content (AvgIpc) is 2.73. The third-order valence-corrected chi connectivity index (χ3v) is 4.44. The molecule has 5 heteroatoms. The highest BCUT2D eigenvalue weighted by molar-refractivity contribution is 6.04. The van der Waals surface area contributed by atoms with Gasteiger partial charge in [0.1, 0.15) is 11.5 Å². The maximum Gasteiger partial charge on any atom is 0.311 e. The van der Waals surface area contributed by atoms with Gasteiger partial charge in [-0.15, -0.1) is 0 Å². The van der Waals surface area contributed by atoms with Crippen LogP contribution in [0.4, 0.5) is 5.69 Å². The van der Waals surface area contributed by atoms with E-state index in [1.54, 1.807) is 24.3 Å². The summed E-state index contributed by atoms with van der Waals surface area (Å²) in [5, 5.41) is 2.84. The smallest absolute Gasteiger partial charge is 0.311 e. The van der Waals surface area contributed by atoms with Gasteiger partial charge in [0.15, 0.2) is 0 Å². The van der Waals surface area contributed by atoms with Crippen molar-refractivity contribution in [1.82, 2.24) is 0 Å². The van der Waals surface area contributed by atoms with Gasteiger partial charge < -0.3 is 14.8 Å². The number of ether oxygens (including phenoxy) is 2. The first-order chi connectivity index (χ1) is 14.5. The molecule has 0 saturated heterocycles. The van der Waals surface area contributed by atoms with Crippen molar-refractivity contribution in [2.45, 2.75) is 26.7 Å². The van der Waals surface area contributed by atoms with E-state index in [9.17, 15) is 9.59 Å². The average molecular weight is 403 g/mol. The van der Waals surface area contributed by atoms with Crippen molar-refractivity contribution < 1.29 is 19.1 Å². The summed E-state index contributed by atoms with van der Waals surface area (Å²) >= 11 is 0. The van der Waals surface area contributed by atoms with Crippen LogP contribution in [0, 0.1) is 13.8 Å². The van der Waals surface area contributed by atoms with Crippen molar-refractivity contribution in [3.05, 3.63) is 89.5 Å². The zero-order valence-electron chi connectivity index (χ0n) is 17.2. The molecule has 0 radical (unpaired) electrons. The summed E-state index contributed by atoms with van der Waals surface area (Å²) in [4.78, 5) is 24.3. The second-order valence-corrected chi connectivity index (χ2v) is 7.09. The van der Waals surface area contributed by atoms with Crippen molar-refractivity contribution in [2.24, 2.45) is 0 Å². The van der Waals surface area contributed by atoms with Crippen LogP contribution in [0.2, 0.25) is 0 Å². The molecule has 1 amide bonds. The number of rotatable bonds is 8. The van der Waals surface area contributed by atoms with Gasteiger partial charge in [-0.25, -0.2) is 0 Å². The summed E-state index contributed by atoms with van der Waals surface area (Å²) in [6, 6.07) is 21.9. The highest BCUT2D eigenvalue weighted by atomic mass is 16.5. The summed E-state index contributed by atoms with van der Waals surface area (Å²) < 4.78 is 11.0. The second-order valence-electron chi connectivity index (χ2n) is 7.09. The van der Waals surface area contributed by atoms with Gasteiger partial charge in [-0.05, 0) is 74.4 Å². The lowest BCUT2D eigenvalue weighted by molar-refractivity contribution is -0.134. The van der Waals surface area contributed by atoms with Crippen LogP contribution in [0.1, 0.15) is 34.3 Å². The molecule has 0 saturated carbocycles. The highest BCUT2D eigenvalue weighted by Crippen LogP contribution is 2.16. The van der Waals surface area contributed by atoms with Gasteiger partial charge in [0.25, 0.3) is 5.91 Å². The fourth-order valence-electron chi connectivity index (χ4n) is 2.81. The fourth-order valence-corrected chi connectivity index (χ4v) is 2.81. The molecular weight excluding hydrogens is 378 g/mol. The first-order valence-electron chi connectivity index (χ1n) is 9.88. The first kappa shape index (κ1) is 21.1. The zero-order chi connectivity index (χ0) is 21.3. The van der Waals surface area contributed by atoms with E-state index in [1.165, 1.54) is 0 Å². The summed E-state index contributed by atoms with van der Waals surface area (Å²) in [5.74, 6) is 0.652. The van der Waals surface area contributed by atoms with Crippen LogP contribution < -0.4 is 14.8 Å². The summed E-state index contributed by atoms with van der Waals surface area (Å²) in [7, 11) is 0. The van der Waals surface area contributed by atoms with Crippen LogP contribution >= 0.6 is 0 Å². The lowest BCUT2D eigenvalue weighted by Gasteiger charge is -2.08. The number of hydrogen-bond acceptors (Lipinski definition) is 4. The molecule has 0 aliphatic rings. The van der Waals surface area contributed by atoms with Crippen LogP contribution in [-0.2, 0) is 4.79 Å². The van der Waals surface area contributed by atoms with Crippen molar-refractivity contribution in [1.29, 1.82) is 0 Å². The summed E-state index contributed by atoms with van der Waals surface area (Å²) in [6.07, 6.45) is 0.811. The Kier molecular flexibility index (Phi) is 7.22. The predicted octanol–water partition coefficient (Wildman–Crippen LogP) is 5.32. The lowest BCUT2D eigenvalue weighted by Crippen LogP contribution is -2.12. The van der Waals surface area contributed by atoms with Gasteiger partial charge in [-0.3, -0.25) is 9.59 Å². The summed E-state index contributed by atoms with van der Waals surface area (Å²) in [6.45, 7) is 4.43. The molecule has 0 aromatic heterocycles. The minimum Gasteiger partial charge on any atom is -0.494 e. The van der Waals surface area contributed by atoms with E-state index in [2.05, 4.69) is 5.32 Å². The minimum atomic E-state index is -0.334. The normalized spacial score (nSPS) is 10.3. The zero-order valence-corrected chi connectivity index (χ0v) is 17.2. The number of carbonyl (C=O) groups excluding carboxylic acids is 2. The Morgan fingerprint density at radius 3 is 2.27 bits per heavy atom. The van der Waals surface area contributed by atoms with E-state index in [0.29, 0.717) is 24.3 Å². The Balaban J connectivity index is 1.42. The Bertz CT molecular complexity index is 994. The molecule has 154 valence electrons. The number of hydrogen-bond donors (Lipinski definition) is 1. The molecule has 0 fully saturated rings. The number of esters is 1. The van der Waals surface area contributed by atoms with Crippen molar-refractivity contribution in [2.75, 3.05) is 11.9 Å². The van der Waals surface area contributed by atoms with E-state index in [1.807, 2.05) is 62.4 Å². The number of nitrogens with one attached hydrogen (secondary N) is 1. The van der Waals surface area contributed by atoms with Crippen molar-refractivity contribution in [3.8, 4) is 11.5 Å². The van der Waals surface area contributed by atoms with Crippen LogP contribution in [-0.4, -0.2) is 18.5 Å². The molecule has 3 aromatic carbocycles. The van der Waals surface area contributed by atoms with Gasteiger partial charge in [0.2, 0.25) is 0 Å². The summed E-state index contributed by atoms with van der Waals surface area (Å²) in [5.41, 5.74) is 3.47. The second kappa shape index (κ2) is 10.3. The van der Waals surface area contributed by atoms with Crippen LogP contribution in [0.25, 0.3) is 0 Å². The number of amides is 1. The highest BCUT2D eigenvalue weighted by Gasteiger charge is 2.09. The molecule has 0 aliphatic carbocycles. The molecule has 0 aliphatic heterocycles. The monoisotopic (exact) mass is 403 g/mol. The van der Waals surface area contributed by atoms with Crippen LogP contribution in [0.3, 0.4) is 0 Å². The number of aryl methyl sites for hydroxylation is 2. The number of carbonyl (C=O) groups is 2. The maximum absolute atomic E-state index is 12.3. The quantitative estimate of drug-likeness (QED) is 0.314. The Morgan fingerprint density at radius 2 is 1.57 bits per heavy atom. The Hall–Kier alpha value is -3.60. The first-order valence-corrected chi connectivity index (χ1v) is 9.88. The third kappa shape index (κ3) is 6.48.